The first kappa shape index (κ1) is 35.4. The lowest BCUT2D eigenvalue weighted by atomic mass is 10.0. The van der Waals surface area contributed by atoms with Crippen molar-refractivity contribution in [3.63, 3.8) is 0 Å². The third kappa shape index (κ3) is 14.5. The minimum atomic E-state index is -5.17. The number of rotatable bonds is 14. The first-order chi connectivity index (χ1) is 14.4. The molecule has 0 saturated carbocycles. The van der Waals surface area contributed by atoms with Gasteiger partial charge >= 0.3 is 0 Å². The summed E-state index contributed by atoms with van der Waals surface area (Å²) in [5, 5.41) is 0. The molecule has 0 spiro atoms. The highest BCUT2D eigenvalue weighted by atomic mass is 32.3. The zero-order valence-corrected chi connectivity index (χ0v) is 23.4. The van der Waals surface area contributed by atoms with Crippen LogP contribution in [0.15, 0.2) is 0 Å². The van der Waals surface area contributed by atoms with Crippen LogP contribution >= 0.6 is 0 Å². The topological polar surface area (TPSA) is 80.3 Å². The average molecular weight is 469 g/mol. The molecule has 31 heavy (non-hydrogen) atoms. The molecule has 0 aliphatic carbocycles. The molecule has 6 nitrogen and oxygen atoms in total. The van der Waals surface area contributed by atoms with Crippen LogP contribution in [0.5, 0.6) is 0 Å². The van der Waals surface area contributed by atoms with E-state index in [1.165, 1.54) is 86.8 Å². The van der Waals surface area contributed by atoms with Crippen LogP contribution in [-0.4, -0.2) is 77.8 Å². The Morgan fingerprint density at radius 3 is 0.839 bits per heavy atom. The Kier molecular flexibility index (Phi) is 22.0. The second-order valence-electron chi connectivity index (χ2n) is 8.44. The Labute approximate surface area is 196 Å². The second-order valence-corrected chi connectivity index (χ2v) is 9.26. The van der Waals surface area contributed by atoms with Crippen molar-refractivity contribution >= 4 is 10.4 Å². The Bertz CT molecular complexity index is 435. The molecule has 2 atom stereocenters. The van der Waals surface area contributed by atoms with E-state index in [4.69, 9.17) is 17.5 Å². The fraction of sp³-hybridized carbons (Fsp3) is 1.00. The van der Waals surface area contributed by atoms with Gasteiger partial charge in [-0.2, -0.15) is 0 Å². The first-order valence-corrected chi connectivity index (χ1v) is 14.1. The summed E-state index contributed by atoms with van der Waals surface area (Å²) in [4.78, 5) is 0. The summed E-state index contributed by atoms with van der Waals surface area (Å²) in [6.45, 7) is 31.1. The molecule has 0 saturated heterocycles. The lowest BCUT2D eigenvalue weighted by molar-refractivity contribution is -0.947. The maximum absolute atomic E-state index is 8.52. The number of quaternary nitrogens is 2. The van der Waals surface area contributed by atoms with Crippen LogP contribution in [-0.2, 0) is 10.4 Å². The van der Waals surface area contributed by atoms with Crippen LogP contribution in [0.25, 0.3) is 0 Å². The Hall–Kier alpha value is -0.210. The van der Waals surface area contributed by atoms with Gasteiger partial charge in [-0.05, 0) is 67.2 Å². The lowest BCUT2D eigenvalue weighted by Crippen LogP contribution is -2.54. The first-order valence-electron chi connectivity index (χ1n) is 12.8. The molecule has 0 fully saturated rings. The molecule has 0 amide bonds. The molecule has 7 heteroatoms. The number of hydrogen-bond acceptors (Lipinski definition) is 4. The van der Waals surface area contributed by atoms with Crippen LogP contribution in [0, 0.1) is 0 Å². The highest BCUT2D eigenvalue weighted by Gasteiger charge is 2.30. The van der Waals surface area contributed by atoms with Crippen LogP contribution in [0.1, 0.15) is 108 Å². The van der Waals surface area contributed by atoms with Gasteiger partial charge in [0, 0.05) is 10.4 Å². The number of hydrogen-bond donors (Lipinski definition) is 0. The summed E-state index contributed by atoms with van der Waals surface area (Å²) in [6.07, 6.45) is 8.13. The monoisotopic (exact) mass is 468 g/mol. The Morgan fingerprint density at radius 1 is 0.548 bits per heavy atom. The van der Waals surface area contributed by atoms with Crippen molar-refractivity contribution < 1.29 is 26.5 Å². The van der Waals surface area contributed by atoms with Gasteiger partial charge in [-0.25, -0.2) is 0 Å². The van der Waals surface area contributed by atoms with E-state index < -0.39 is 10.4 Å². The minimum absolute atomic E-state index is 0.894. The van der Waals surface area contributed by atoms with Crippen molar-refractivity contribution in [2.45, 2.75) is 120 Å². The molecule has 0 aromatic carbocycles. The standard InChI is InChI=1S/2C12H28N.H2O4S/c2*1-6-11-12(7-2)13(8-3,9-4)10-5;1-5(2,3)4/h2*12H,6-11H2,1-5H3;(H2,1,2,3,4)/q2*+1;/p-2. The molecule has 0 aromatic rings. The molecule has 192 valence electrons. The fourth-order valence-corrected chi connectivity index (χ4v) is 5.29. The molecule has 0 rings (SSSR count). The summed E-state index contributed by atoms with van der Waals surface area (Å²) in [5.74, 6) is 0. The van der Waals surface area contributed by atoms with Gasteiger partial charge in [0.15, 0.2) is 0 Å². The Morgan fingerprint density at radius 2 is 0.742 bits per heavy atom. The van der Waals surface area contributed by atoms with Crippen LogP contribution < -0.4 is 0 Å². The van der Waals surface area contributed by atoms with E-state index in [0.717, 1.165) is 12.1 Å². The van der Waals surface area contributed by atoms with Crippen LogP contribution in [0.4, 0.5) is 0 Å². The van der Waals surface area contributed by atoms with Crippen molar-refractivity contribution in [3.05, 3.63) is 0 Å². The zero-order chi connectivity index (χ0) is 25.1. The summed E-state index contributed by atoms with van der Waals surface area (Å²) >= 11 is 0. The van der Waals surface area contributed by atoms with Gasteiger partial charge in [0.1, 0.15) is 0 Å². The van der Waals surface area contributed by atoms with E-state index in [1.54, 1.807) is 0 Å². The molecular weight excluding hydrogens is 412 g/mol. The zero-order valence-electron chi connectivity index (χ0n) is 22.6. The SMILES string of the molecule is CCCC(CC)[N+](CC)(CC)CC.CCCC(CC)[N+](CC)(CC)CC.O=S(=O)([O-])[O-]. The summed E-state index contributed by atoms with van der Waals surface area (Å²) in [5.41, 5.74) is 0. The summed E-state index contributed by atoms with van der Waals surface area (Å²) in [7, 11) is -5.17. The van der Waals surface area contributed by atoms with E-state index in [1.807, 2.05) is 0 Å². The normalized spacial score (nSPS) is 14.1. The molecule has 0 N–H and O–H groups in total. The van der Waals surface area contributed by atoms with E-state index >= 15 is 0 Å². The smallest absolute Gasteiger partial charge is 0.0887 e. The highest BCUT2D eigenvalue weighted by Crippen LogP contribution is 2.21. The largest absolute Gasteiger partial charge is 0.759 e. The number of nitrogens with zero attached hydrogens (tertiary/aromatic N) is 2. The average Bonchev–Trinajstić information content (AvgIpc) is 2.74. The molecule has 0 bridgehead atoms. The maximum atomic E-state index is 8.52. The predicted molar refractivity (Wildman–Crippen MR) is 132 cm³/mol. The predicted octanol–water partition coefficient (Wildman–Crippen LogP) is 5.55. The molecular formula is C24H56N2O4S. The van der Waals surface area contributed by atoms with E-state index in [2.05, 4.69) is 69.2 Å². The lowest BCUT2D eigenvalue weighted by Gasteiger charge is -2.43. The van der Waals surface area contributed by atoms with Crippen molar-refractivity contribution in [2.24, 2.45) is 0 Å². The molecule has 0 aliphatic heterocycles. The van der Waals surface area contributed by atoms with Gasteiger partial charge in [-0.15, -0.1) is 0 Å². The van der Waals surface area contributed by atoms with Gasteiger partial charge in [0.05, 0.1) is 51.4 Å². The fourth-order valence-electron chi connectivity index (χ4n) is 5.29. The quantitative estimate of drug-likeness (QED) is 0.190. The highest BCUT2D eigenvalue weighted by molar-refractivity contribution is 7.79. The summed E-state index contributed by atoms with van der Waals surface area (Å²) < 4.78 is 36.7. The van der Waals surface area contributed by atoms with Crippen LogP contribution in [0.2, 0.25) is 0 Å². The Balaban J connectivity index is -0.000000416. The van der Waals surface area contributed by atoms with Crippen molar-refractivity contribution in [1.29, 1.82) is 0 Å². The summed E-state index contributed by atoms with van der Waals surface area (Å²) in [6, 6.07) is 1.79. The molecule has 0 heterocycles. The van der Waals surface area contributed by atoms with Gasteiger partial charge < -0.3 is 18.1 Å². The third-order valence-corrected chi connectivity index (χ3v) is 7.51. The van der Waals surface area contributed by atoms with Gasteiger partial charge in [-0.3, -0.25) is 8.42 Å². The minimum Gasteiger partial charge on any atom is -0.759 e. The van der Waals surface area contributed by atoms with Gasteiger partial charge in [0.25, 0.3) is 0 Å². The molecule has 2 unspecified atom stereocenters. The van der Waals surface area contributed by atoms with Gasteiger partial charge in [-0.1, -0.05) is 40.5 Å². The van der Waals surface area contributed by atoms with Gasteiger partial charge in [0.2, 0.25) is 0 Å². The van der Waals surface area contributed by atoms with Crippen LogP contribution in [0.3, 0.4) is 0 Å². The van der Waals surface area contributed by atoms with E-state index in [0.29, 0.717) is 0 Å². The van der Waals surface area contributed by atoms with E-state index in [-0.39, 0.29) is 0 Å². The second kappa shape index (κ2) is 19.3. The molecule has 0 radical (unpaired) electrons. The third-order valence-electron chi connectivity index (χ3n) is 7.51. The van der Waals surface area contributed by atoms with E-state index in [9.17, 15) is 0 Å². The molecule has 0 aliphatic rings. The van der Waals surface area contributed by atoms with Crippen molar-refractivity contribution in [1.82, 2.24) is 0 Å². The van der Waals surface area contributed by atoms with Crippen molar-refractivity contribution in [2.75, 3.05) is 39.3 Å². The molecule has 0 aromatic heterocycles. The maximum Gasteiger partial charge on any atom is 0.0887 e. The van der Waals surface area contributed by atoms with Crippen molar-refractivity contribution in [3.8, 4) is 0 Å².